The molecule has 1 unspecified atom stereocenters. The maximum Gasteiger partial charge on any atom is 0.109 e. The summed E-state index contributed by atoms with van der Waals surface area (Å²) in [5.41, 5.74) is 3.54. The Hall–Kier alpha value is -1.68. The quantitative estimate of drug-likeness (QED) is 0.829. The lowest BCUT2D eigenvalue weighted by Crippen LogP contribution is -2.03. The van der Waals surface area contributed by atoms with Crippen molar-refractivity contribution in [3.63, 3.8) is 0 Å². The average Bonchev–Trinajstić information content (AvgIpc) is 2.58. The van der Waals surface area contributed by atoms with Crippen LogP contribution in [0.3, 0.4) is 0 Å². The van der Waals surface area contributed by atoms with E-state index in [9.17, 15) is 5.11 Å². The number of hydrogen-bond acceptors (Lipinski definition) is 3. The zero-order valence-corrected chi connectivity index (χ0v) is 9.68. The van der Waals surface area contributed by atoms with Gasteiger partial charge in [-0.15, -0.1) is 0 Å². The molecule has 0 aliphatic rings. The van der Waals surface area contributed by atoms with E-state index in [0.29, 0.717) is 0 Å². The summed E-state index contributed by atoms with van der Waals surface area (Å²) < 4.78 is 1.71. The van der Waals surface area contributed by atoms with Crippen molar-refractivity contribution in [1.82, 2.24) is 14.8 Å². The van der Waals surface area contributed by atoms with Gasteiger partial charge in [-0.2, -0.15) is 5.10 Å². The number of aryl methyl sites for hydroxylation is 3. The van der Waals surface area contributed by atoms with Crippen LogP contribution in [0.2, 0.25) is 0 Å². The van der Waals surface area contributed by atoms with E-state index in [1.54, 1.807) is 17.1 Å². The van der Waals surface area contributed by atoms with E-state index in [1.807, 2.05) is 33.2 Å². The molecule has 2 aromatic heterocycles. The summed E-state index contributed by atoms with van der Waals surface area (Å²) in [6, 6.07) is 1.89. The van der Waals surface area contributed by atoms with E-state index >= 15 is 0 Å². The van der Waals surface area contributed by atoms with Gasteiger partial charge >= 0.3 is 0 Å². The van der Waals surface area contributed by atoms with Crippen molar-refractivity contribution in [2.24, 2.45) is 7.05 Å². The largest absolute Gasteiger partial charge is 0.383 e. The number of aliphatic hydroxyl groups is 1. The second-order valence-corrected chi connectivity index (χ2v) is 3.98. The van der Waals surface area contributed by atoms with Crippen molar-refractivity contribution in [1.29, 1.82) is 0 Å². The van der Waals surface area contributed by atoms with Crippen LogP contribution in [0.1, 0.15) is 28.5 Å². The number of aromatic nitrogens is 3. The van der Waals surface area contributed by atoms with Crippen molar-refractivity contribution in [3.05, 3.63) is 47.0 Å². The van der Waals surface area contributed by atoms with Gasteiger partial charge in [0.15, 0.2) is 0 Å². The van der Waals surface area contributed by atoms with Crippen LogP contribution in [0, 0.1) is 13.8 Å². The molecule has 0 spiro atoms. The maximum atomic E-state index is 10.3. The molecule has 0 radical (unpaired) electrons. The van der Waals surface area contributed by atoms with Gasteiger partial charge in [0.25, 0.3) is 0 Å². The zero-order valence-electron chi connectivity index (χ0n) is 9.68. The Balaban J connectivity index is 2.43. The zero-order chi connectivity index (χ0) is 11.7. The van der Waals surface area contributed by atoms with Gasteiger partial charge in [0.05, 0.1) is 5.69 Å². The lowest BCUT2D eigenvalue weighted by Gasteiger charge is -2.11. The van der Waals surface area contributed by atoms with Crippen LogP contribution in [0.25, 0.3) is 0 Å². The van der Waals surface area contributed by atoms with E-state index in [2.05, 4.69) is 10.1 Å². The minimum absolute atomic E-state index is 0.651. The molecule has 0 amide bonds. The number of nitrogens with zero attached hydrogens (tertiary/aromatic N) is 3. The molecule has 0 fully saturated rings. The normalized spacial score (nSPS) is 12.8. The molecule has 0 saturated heterocycles. The molecule has 4 heteroatoms. The highest BCUT2D eigenvalue weighted by Gasteiger charge is 2.17. The number of hydrogen-bond donors (Lipinski definition) is 1. The first kappa shape index (κ1) is 10.8. The predicted octanol–water partition coefficient (Wildman–Crippen LogP) is 1.51. The smallest absolute Gasteiger partial charge is 0.109 e. The Morgan fingerprint density at radius 1 is 1.31 bits per heavy atom. The molecule has 2 rings (SSSR count). The minimum atomic E-state index is -0.651. The maximum absolute atomic E-state index is 10.3. The average molecular weight is 217 g/mol. The SMILES string of the molecule is Cc1ccncc1C(O)c1cn(C)nc1C. The van der Waals surface area contributed by atoms with E-state index in [4.69, 9.17) is 0 Å². The number of rotatable bonds is 2. The third-order valence-corrected chi connectivity index (χ3v) is 2.72. The van der Waals surface area contributed by atoms with Crippen LogP contribution in [-0.2, 0) is 7.05 Å². The summed E-state index contributed by atoms with van der Waals surface area (Å²) in [5, 5.41) is 14.5. The van der Waals surface area contributed by atoms with E-state index < -0.39 is 6.10 Å². The summed E-state index contributed by atoms with van der Waals surface area (Å²) >= 11 is 0. The summed E-state index contributed by atoms with van der Waals surface area (Å²) in [6.45, 7) is 3.86. The third-order valence-electron chi connectivity index (χ3n) is 2.72. The molecule has 84 valence electrons. The second-order valence-electron chi connectivity index (χ2n) is 3.98. The Kier molecular flexibility index (Phi) is 2.75. The van der Waals surface area contributed by atoms with Gasteiger partial charge in [0.1, 0.15) is 6.10 Å². The lowest BCUT2D eigenvalue weighted by atomic mass is 10.0. The summed E-state index contributed by atoms with van der Waals surface area (Å²) in [4.78, 5) is 4.04. The molecule has 0 bridgehead atoms. The van der Waals surface area contributed by atoms with Crippen LogP contribution in [0.4, 0.5) is 0 Å². The minimum Gasteiger partial charge on any atom is -0.383 e. The molecule has 2 heterocycles. The first-order valence-corrected chi connectivity index (χ1v) is 5.18. The van der Waals surface area contributed by atoms with Crippen molar-refractivity contribution in [2.45, 2.75) is 20.0 Å². The molecule has 4 nitrogen and oxygen atoms in total. The molecule has 0 saturated carbocycles. The molecule has 0 aliphatic carbocycles. The van der Waals surface area contributed by atoms with E-state index in [-0.39, 0.29) is 0 Å². The van der Waals surface area contributed by atoms with Crippen molar-refractivity contribution in [3.8, 4) is 0 Å². The highest BCUT2D eigenvalue weighted by molar-refractivity contribution is 5.33. The number of pyridine rings is 1. The first-order chi connectivity index (χ1) is 7.59. The first-order valence-electron chi connectivity index (χ1n) is 5.18. The monoisotopic (exact) mass is 217 g/mol. The molecule has 0 aromatic carbocycles. The van der Waals surface area contributed by atoms with E-state index in [0.717, 1.165) is 22.4 Å². The Morgan fingerprint density at radius 2 is 2.06 bits per heavy atom. The fourth-order valence-corrected chi connectivity index (χ4v) is 1.82. The molecular weight excluding hydrogens is 202 g/mol. The van der Waals surface area contributed by atoms with Crippen LogP contribution in [-0.4, -0.2) is 19.9 Å². The summed E-state index contributed by atoms with van der Waals surface area (Å²) in [5.74, 6) is 0. The van der Waals surface area contributed by atoms with Crippen LogP contribution < -0.4 is 0 Å². The van der Waals surface area contributed by atoms with Gasteiger partial charge in [0.2, 0.25) is 0 Å². The highest BCUT2D eigenvalue weighted by atomic mass is 16.3. The van der Waals surface area contributed by atoms with Gasteiger partial charge in [-0.25, -0.2) is 0 Å². The van der Waals surface area contributed by atoms with Crippen molar-refractivity contribution < 1.29 is 5.11 Å². The predicted molar refractivity (Wildman–Crippen MR) is 61.0 cm³/mol. The Bertz CT molecular complexity index is 505. The van der Waals surface area contributed by atoms with Crippen LogP contribution in [0.5, 0.6) is 0 Å². The lowest BCUT2D eigenvalue weighted by molar-refractivity contribution is 0.218. The van der Waals surface area contributed by atoms with Crippen molar-refractivity contribution >= 4 is 0 Å². The molecule has 0 aliphatic heterocycles. The van der Waals surface area contributed by atoms with Crippen LogP contribution in [0.15, 0.2) is 24.7 Å². The Morgan fingerprint density at radius 3 is 2.62 bits per heavy atom. The fraction of sp³-hybridized carbons (Fsp3) is 0.333. The molecule has 1 atom stereocenters. The molecular formula is C12H15N3O. The van der Waals surface area contributed by atoms with Gasteiger partial charge in [0, 0.05) is 36.8 Å². The highest BCUT2D eigenvalue weighted by Crippen LogP contribution is 2.25. The van der Waals surface area contributed by atoms with Gasteiger partial charge in [-0.05, 0) is 25.5 Å². The topological polar surface area (TPSA) is 50.9 Å². The van der Waals surface area contributed by atoms with Crippen LogP contribution >= 0.6 is 0 Å². The summed E-state index contributed by atoms with van der Waals surface area (Å²) in [7, 11) is 1.85. The molecule has 2 aromatic rings. The van der Waals surface area contributed by atoms with Gasteiger partial charge in [-0.1, -0.05) is 0 Å². The van der Waals surface area contributed by atoms with Crippen molar-refractivity contribution in [2.75, 3.05) is 0 Å². The van der Waals surface area contributed by atoms with Gasteiger partial charge in [-0.3, -0.25) is 9.67 Å². The molecule has 16 heavy (non-hydrogen) atoms. The number of aliphatic hydroxyl groups excluding tert-OH is 1. The fourth-order valence-electron chi connectivity index (χ4n) is 1.82. The third kappa shape index (κ3) is 1.84. The molecule has 1 N–H and O–H groups in total. The standard InChI is InChI=1S/C12H15N3O/c1-8-4-5-13-6-10(8)12(16)11-7-15(3)14-9(11)2/h4-7,12,16H,1-3H3. The van der Waals surface area contributed by atoms with E-state index in [1.165, 1.54) is 0 Å². The second kappa shape index (κ2) is 4.06. The summed E-state index contributed by atoms with van der Waals surface area (Å²) in [6.07, 6.45) is 4.61. The Labute approximate surface area is 94.6 Å². The van der Waals surface area contributed by atoms with Gasteiger partial charge < -0.3 is 5.11 Å².